The lowest BCUT2D eigenvalue weighted by molar-refractivity contribution is -0.118. The zero-order valence-electron chi connectivity index (χ0n) is 11.7. The summed E-state index contributed by atoms with van der Waals surface area (Å²) in [4.78, 5) is 12.5. The van der Waals surface area contributed by atoms with E-state index in [2.05, 4.69) is 26.9 Å². The van der Waals surface area contributed by atoms with Crippen molar-refractivity contribution in [3.05, 3.63) is 46.6 Å². The lowest BCUT2D eigenvalue weighted by atomic mass is 9.94. The number of amides is 1. The third-order valence-corrected chi connectivity index (χ3v) is 3.87. The average molecular weight is 270 g/mol. The van der Waals surface area contributed by atoms with Gasteiger partial charge in [-0.05, 0) is 31.4 Å². The molecule has 104 valence electrons. The van der Waals surface area contributed by atoms with Crippen molar-refractivity contribution in [2.75, 3.05) is 11.9 Å². The molecule has 0 saturated heterocycles. The maximum atomic E-state index is 12.5. The Morgan fingerprint density at radius 1 is 1.35 bits per heavy atom. The fourth-order valence-corrected chi connectivity index (χ4v) is 2.53. The molecule has 3 N–H and O–H groups in total. The third kappa shape index (κ3) is 2.20. The van der Waals surface area contributed by atoms with Crippen molar-refractivity contribution in [2.45, 2.75) is 26.3 Å². The van der Waals surface area contributed by atoms with Crippen LogP contribution in [0.15, 0.2) is 24.3 Å². The topological polar surface area (TPSA) is 69.8 Å². The van der Waals surface area contributed by atoms with E-state index in [4.69, 9.17) is 0 Å². The van der Waals surface area contributed by atoms with Crippen molar-refractivity contribution >= 4 is 11.7 Å². The number of nitrogens with zero attached hydrogens (tertiary/aromatic N) is 1. The van der Waals surface area contributed by atoms with E-state index in [0.29, 0.717) is 5.82 Å². The van der Waals surface area contributed by atoms with Gasteiger partial charge in [0.1, 0.15) is 6.04 Å². The van der Waals surface area contributed by atoms with E-state index >= 15 is 0 Å². The van der Waals surface area contributed by atoms with Crippen LogP contribution in [0.5, 0.6) is 0 Å². The minimum atomic E-state index is -0.309. The van der Waals surface area contributed by atoms with Gasteiger partial charge in [0.15, 0.2) is 5.82 Å². The molecule has 0 fully saturated rings. The predicted molar refractivity (Wildman–Crippen MR) is 77.6 cm³/mol. The van der Waals surface area contributed by atoms with Crippen LogP contribution in [0.4, 0.5) is 5.82 Å². The Bertz CT molecular complexity index is 647. The predicted octanol–water partition coefficient (Wildman–Crippen LogP) is 1.85. The normalized spacial score (nSPS) is 17.6. The first-order valence-electron chi connectivity index (χ1n) is 6.80. The van der Waals surface area contributed by atoms with E-state index in [9.17, 15) is 4.79 Å². The highest BCUT2D eigenvalue weighted by Crippen LogP contribution is 2.24. The highest BCUT2D eigenvalue weighted by atomic mass is 16.2. The molecule has 1 aliphatic heterocycles. The van der Waals surface area contributed by atoms with E-state index < -0.39 is 0 Å². The molecule has 3 rings (SSSR count). The Kier molecular flexibility index (Phi) is 3.28. The van der Waals surface area contributed by atoms with Crippen LogP contribution in [0.3, 0.4) is 0 Å². The maximum absolute atomic E-state index is 12.5. The zero-order valence-corrected chi connectivity index (χ0v) is 11.7. The molecule has 1 aromatic heterocycles. The second kappa shape index (κ2) is 5.09. The molecule has 0 spiro atoms. The van der Waals surface area contributed by atoms with Crippen molar-refractivity contribution in [3.63, 3.8) is 0 Å². The van der Waals surface area contributed by atoms with Crippen LogP contribution in [0.25, 0.3) is 0 Å². The number of anilines is 1. The standard InChI is InChI=1S/C15H18N4O/c1-9-10(2)18-19-14(9)17-15(20)13-12-6-4-3-5-11(12)7-8-16-13/h3-6,13,16H,7-8H2,1-2H3,(H2,17,18,19,20). The number of rotatable bonds is 2. The molecule has 0 bridgehead atoms. The summed E-state index contributed by atoms with van der Waals surface area (Å²) in [7, 11) is 0. The summed E-state index contributed by atoms with van der Waals surface area (Å²) < 4.78 is 0. The number of H-pyrrole nitrogens is 1. The number of aromatic amines is 1. The van der Waals surface area contributed by atoms with E-state index in [1.807, 2.05) is 32.0 Å². The monoisotopic (exact) mass is 270 g/mol. The van der Waals surface area contributed by atoms with Gasteiger partial charge in [-0.1, -0.05) is 24.3 Å². The van der Waals surface area contributed by atoms with Crippen LogP contribution in [0, 0.1) is 13.8 Å². The van der Waals surface area contributed by atoms with Crippen LogP contribution in [-0.4, -0.2) is 22.6 Å². The second-order valence-electron chi connectivity index (χ2n) is 5.15. The van der Waals surface area contributed by atoms with Crippen LogP contribution in [0.2, 0.25) is 0 Å². The average Bonchev–Trinajstić information content (AvgIpc) is 2.78. The van der Waals surface area contributed by atoms with Crippen molar-refractivity contribution in [2.24, 2.45) is 0 Å². The quantitative estimate of drug-likeness (QED) is 0.780. The van der Waals surface area contributed by atoms with E-state index in [1.54, 1.807) is 0 Å². The van der Waals surface area contributed by atoms with Gasteiger partial charge in [0, 0.05) is 17.8 Å². The Hall–Kier alpha value is -2.14. The van der Waals surface area contributed by atoms with Gasteiger partial charge in [-0.2, -0.15) is 5.10 Å². The minimum Gasteiger partial charge on any atom is -0.307 e. The summed E-state index contributed by atoms with van der Waals surface area (Å²) in [6.45, 7) is 4.69. The van der Waals surface area contributed by atoms with Gasteiger partial charge in [0.2, 0.25) is 5.91 Å². The first kappa shape index (κ1) is 12.9. The number of fused-ring (bicyclic) bond motifs is 1. The summed E-state index contributed by atoms with van der Waals surface area (Å²) in [5, 5.41) is 13.2. The van der Waals surface area contributed by atoms with Gasteiger partial charge < -0.3 is 10.6 Å². The van der Waals surface area contributed by atoms with Gasteiger partial charge >= 0.3 is 0 Å². The van der Waals surface area contributed by atoms with Crippen LogP contribution >= 0.6 is 0 Å². The molecule has 1 unspecified atom stereocenters. The molecular weight excluding hydrogens is 252 g/mol. The number of aromatic nitrogens is 2. The molecule has 2 aromatic rings. The minimum absolute atomic E-state index is 0.0632. The molecule has 5 nitrogen and oxygen atoms in total. The summed E-state index contributed by atoms with van der Waals surface area (Å²) in [6.07, 6.45) is 0.959. The van der Waals surface area contributed by atoms with Crippen molar-refractivity contribution < 1.29 is 4.79 Å². The SMILES string of the molecule is Cc1[nH]nc(NC(=O)C2NCCc3ccccc32)c1C. The molecule has 0 saturated carbocycles. The number of hydrogen-bond donors (Lipinski definition) is 3. The fraction of sp³-hybridized carbons (Fsp3) is 0.333. The molecule has 1 aliphatic rings. The van der Waals surface area contributed by atoms with Crippen LogP contribution in [-0.2, 0) is 11.2 Å². The van der Waals surface area contributed by atoms with Crippen molar-refractivity contribution in [1.82, 2.24) is 15.5 Å². The Balaban J connectivity index is 1.84. The van der Waals surface area contributed by atoms with Gasteiger partial charge in [-0.15, -0.1) is 0 Å². The second-order valence-corrected chi connectivity index (χ2v) is 5.15. The molecule has 1 aromatic carbocycles. The highest BCUT2D eigenvalue weighted by Gasteiger charge is 2.26. The molecule has 5 heteroatoms. The zero-order chi connectivity index (χ0) is 14.1. The Labute approximate surface area is 117 Å². The van der Waals surface area contributed by atoms with E-state index in [0.717, 1.165) is 29.8 Å². The first-order chi connectivity index (χ1) is 9.66. The summed E-state index contributed by atoms with van der Waals surface area (Å²) >= 11 is 0. The van der Waals surface area contributed by atoms with Gasteiger partial charge in [0.25, 0.3) is 0 Å². The summed E-state index contributed by atoms with van der Waals surface area (Å²) in [6, 6.07) is 7.77. The van der Waals surface area contributed by atoms with Crippen molar-refractivity contribution in [1.29, 1.82) is 0 Å². The Morgan fingerprint density at radius 2 is 2.15 bits per heavy atom. The smallest absolute Gasteiger partial charge is 0.247 e. The Morgan fingerprint density at radius 3 is 2.90 bits per heavy atom. The van der Waals surface area contributed by atoms with Gasteiger partial charge in [-0.25, -0.2) is 0 Å². The van der Waals surface area contributed by atoms with Crippen LogP contribution < -0.4 is 10.6 Å². The fourth-order valence-electron chi connectivity index (χ4n) is 2.53. The number of benzene rings is 1. The summed E-state index contributed by atoms with van der Waals surface area (Å²) in [5.41, 5.74) is 4.24. The molecule has 20 heavy (non-hydrogen) atoms. The molecule has 0 aliphatic carbocycles. The third-order valence-electron chi connectivity index (χ3n) is 3.87. The molecule has 1 atom stereocenters. The summed E-state index contributed by atoms with van der Waals surface area (Å²) in [5.74, 6) is 0.545. The van der Waals surface area contributed by atoms with Gasteiger partial charge in [0.05, 0.1) is 0 Å². The molecular formula is C15H18N4O. The van der Waals surface area contributed by atoms with Gasteiger partial charge in [-0.3, -0.25) is 9.89 Å². The maximum Gasteiger partial charge on any atom is 0.247 e. The molecule has 0 radical (unpaired) electrons. The number of carbonyl (C=O) groups is 1. The number of hydrogen-bond acceptors (Lipinski definition) is 3. The van der Waals surface area contributed by atoms with Crippen LogP contribution in [0.1, 0.15) is 28.4 Å². The highest BCUT2D eigenvalue weighted by molar-refractivity contribution is 5.95. The lowest BCUT2D eigenvalue weighted by Gasteiger charge is -2.25. The van der Waals surface area contributed by atoms with Crippen molar-refractivity contribution in [3.8, 4) is 0 Å². The number of aryl methyl sites for hydroxylation is 1. The van der Waals surface area contributed by atoms with E-state index in [1.165, 1.54) is 5.56 Å². The van der Waals surface area contributed by atoms with E-state index in [-0.39, 0.29) is 11.9 Å². The lowest BCUT2D eigenvalue weighted by Crippen LogP contribution is -2.38. The first-order valence-corrected chi connectivity index (χ1v) is 6.80. The largest absolute Gasteiger partial charge is 0.307 e. The molecule has 1 amide bonds. The number of nitrogens with one attached hydrogen (secondary N) is 3. The molecule has 2 heterocycles. The number of carbonyl (C=O) groups excluding carboxylic acids is 1.